The van der Waals surface area contributed by atoms with Crippen molar-refractivity contribution in [2.24, 2.45) is 0 Å². The van der Waals surface area contributed by atoms with Gasteiger partial charge >= 0.3 is 0 Å². The van der Waals surface area contributed by atoms with Gasteiger partial charge in [0.2, 0.25) is 0 Å². The molecule has 0 aliphatic carbocycles. The summed E-state index contributed by atoms with van der Waals surface area (Å²) in [6.45, 7) is 0. The number of benzene rings is 9. The Morgan fingerprint density at radius 3 is 1.26 bits per heavy atom. The SMILES string of the molecule is c1ccc(-c2ccc(-c3cccc(-c4cc(-c5cc(-c6cccc7c6oc6ccccc67)cc(-c6cccc7c6oc6ccccc67)c5)nc(-c5ccccc5)n4)c3)cc2)cc1. The van der Waals surface area contributed by atoms with Crippen LogP contribution in [0.1, 0.15) is 0 Å². The van der Waals surface area contributed by atoms with E-state index < -0.39 is 0 Å². The molecule has 0 aliphatic rings. The molecule has 290 valence electrons. The molecule has 62 heavy (non-hydrogen) atoms. The van der Waals surface area contributed by atoms with E-state index >= 15 is 0 Å². The van der Waals surface area contributed by atoms with E-state index in [0.717, 1.165) is 105 Å². The molecule has 4 nitrogen and oxygen atoms in total. The van der Waals surface area contributed by atoms with E-state index in [-0.39, 0.29) is 0 Å². The predicted molar refractivity (Wildman–Crippen MR) is 255 cm³/mol. The summed E-state index contributed by atoms with van der Waals surface area (Å²) in [5, 5.41) is 4.34. The van der Waals surface area contributed by atoms with Crippen LogP contribution in [0.2, 0.25) is 0 Å². The highest BCUT2D eigenvalue weighted by atomic mass is 16.3. The fourth-order valence-corrected chi connectivity index (χ4v) is 8.84. The number of para-hydroxylation sites is 4. The van der Waals surface area contributed by atoms with Crippen LogP contribution < -0.4 is 0 Å². The molecular weight excluding hydrogens is 757 g/mol. The maximum Gasteiger partial charge on any atom is 0.160 e. The molecule has 3 heterocycles. The van der Waals surface area contributed by atoms with Gasteiger partial charge in [-0.3, -0.25) is 0 Å². The van der Waals surface area contributed by atoms with Gasteiger partial charge in [0.05, 0.1) is 11.4 Å². The van der Waals surface area contributed by atoms with Crippen LogP contribution in [-0.4, -0.2) is 9.97 Å². The Labute approximate surface area is 358 Å². The second-order valence-corrected chi connectivity index (χ2v) is 15.7. The summed E-state index contributed by atoms with van der Waals surface area (Å²) < 4.78 is 13.3. The molecule has 9 aromatic carbocycles. The Hall–Kier alpha value is -8.34. The number of fused-ring (bicyclic) bond motifs is 6. The van der Waals surface area contributed by atoms with E-state index in [1.165, 1.54) is 11.1 Å². The predicted octanol–water partition coefficient (Wildman–Crippen LogP) is 15.9. The van der Waals surface area contributed by atoms with Crippen LogP contribution in [0.25, 0.3) is 122 Å². The Morgan fingerprint density at radius 1 is 0.258 bits per heavy atom. The zero-order valence-corrected chi connectivity index (χ0v) is 33.5. The highest BCUT2D eigenvalue weighted by molar-refractivity contribution is 6.11. The molecule has 3 aromatic heterocycles. The zero-order chi connectivity index (χ0) is 41.0. The second-order valence-electron chi connectivity index (χ2n) is 15.7. The monoisotopic (exact) mass is 792 g/mol. The Balaban J connectivity index is 1.06. The molecule has 12 rings (SSSR count). The summed E-state index contributed by atoms with van der Waals surface area (Å²) in [6, 6.07) is 76.2. The van der Waals surface area contributed by atoms with Gasteiger partial charge in [0, 0.05) is 49.4 Å². The maximum absolute atomic E-state index is 6.63. The highest BCUT2D eigenvalue weighted by Crippen LogP contribution is 2.42. The van der Waals surface area contributed by atoms with Crippen molar-refractivity contribution in [3.8, 4) is 78.4 Å². The van der Waals surface area contributed by atoms with Gasteiger partial charge in [-0.05, 0) is 75.8 Å². The molecule has 0 fully saturated rings. The van der Waals surface area contributed by atoms with Crippen LogP contribution in [0.4, 0.5) is 0 Å². The fraction of sp³-hybridized carbons (Fsp3) is 0. The third-order valence-corrected chi connectivity index (χ3v) is 11.9. The number of hydrogen-bond acceptors (Lipinski definition) is 4. The van der Waals surface area contributed by atoms with Crippen LogP contribution >= 0.6 is 0 Å². The van der Waals surface area contributed by atoms with Gasteiger partial charge in [-0.25, -0.2) is 9.97 Å². The van der Waals surface area contributed by atoms with Crippen LogP contribution in [0.5, 0.6) is 0 Å². The van der Waals surface area contributed by atoms with Crippen molar-refractivity contribution >= 4 is 43.9 Å². The van der Waals surface area contributed by atoms with E-state index in [2.05, 4.69) is 170 Å². The van der Waals surface area contributed by atoms with Gasteiger partial charge < -0.3 is 8.83 Å². The van der Waals surface area contributed by atoms with Crippen LogP contribution in [0.3, 0.4) is 0 Å². The van der Waals surface area contributed by atoms with E-state index in [1.807, 2.05) is 48.5 Å². The van der Waals surface area contributed by atoms with Crippen LogP contribution in [0, 0.1) is 0 Å². The normalized spacial score (nSPS) is 11.5. The summed E-state index contributed by atoms with van der Waals surface area (Å²) in [6.07, 6.45) is 0. The topological polar surface area (TPSA) is 52.1 Å². The average molecular weight is 793 g/mol. The Bertz CT molecular complexity index is 3490. The summed E-state index contributed by atoms with van der Waals surface area (Å²) in [4.78, 5) is 10.6. The third-order valence-electron chi connectivity index (χ3n) is 11.9. The lowest BCUT2D eigenvalue weighted by atomic mass is 9.93. The highest BCUT2D eigenvalue weighted by Gasteiger charge is 2.19. The molecule has 0 saturated heterocycles. The number of hydrogen-bond donors (Lipinski definition) is 0. The van der Waals surface area contributed by atoms with Crippen LogP contribution in [0.15, 0.2) is 227 Å². The van der Waals surface area contributed by atoms with Crippen molar-refractivity contribution in [3.63, 3.8) is 0 Å². The first-order valence-corrected chi connectivity index (χ1v) is 20.9. The molecule has 0 radical (unpaired) electrons. The van der Waals surface area contributed by atoms with E-state index in [0.29, 0.717) is 5.82 Å². The van der Waals surface area contributed by atoms with Crippen molar-refractivity contribution < 1.29 is 8.83 Å². The van der Waals surface area contributed by atoms with Gasteiger partial charge in [-0.2, -0.15) is 0 Å². The lowest BCUT2D eigenvalue weighted by molar-refractivity contribution is 0.670. The fourth-order valence-electron chi connectivity index (χ4n) is 8.84. The van der Waals surface area contributed by atoms with Gasteiger partial charge in [-0.15, -0.1) is 0 Å². The van der Waals surface area contributed by atoms with Gasteiger partial charge in [0.1, 0.15) is 22.3 Å². The maximum atomic E-state index is 6.63. The molecule has 0 unspecified atom stereocenters. The Kier molecular flexibility index (Phi) is 8.46. The molecule has 12 aromatic rings. The first kappa shape index (κ1) is 35.6. The third kappa shape index (κ3) is 6.25. The average Bonchev–Trinajstić information content (AvgIpc) is 3.93. The van der Waals surface area contributed by atoms with Crippen LogP contribution in [-0.2, 0) is 0 Å². The van der Waals surface area contributed by atoms with Crippen molar-refractivity contribution in [2.75, 3.05) is 0 Å². The molecular formula is C58H36N2O2. The summed E-state index contributed by atoms with van der Waals surface area (Å²) >= 11 is 0. The number of furan rings is 2. The second kappa shape index (κ2) is 14.7. The largest absolute Gasteiger partial charge is 0.455 e. The Morgan fingerprint density at radius 2 is 0.661 bits per heavy atom. The van der Waals surface area contributed by atoms with Crippen molar-refractivity contribution in [1.29, 1.82) is 0 Å². The zero-order valence-electron chi connectivity index (χ0n) is 33.5. The van der Waals surface area contributed by atoms with Crippen molar-refractivity contribution in [2.45, 2.75) is 0 Å². The smallest absolute Gasteiger partial charge is 0.160 e. The van der Waals surface area contributed by atoms with Crippen molar-refractivity contribution in [3.05, 3.63) is 218 Å². The van der Waals surface area contributed by atoms with Gasteiger partial charge in [-0.1, -0.05) is 176 Å². The molecule has 0 bridgehead atoms. The summed E-state index contributed by atoms with van der Waals surface area (Å²) in [5.41, 5.74) is 16.6. The minimum Gasteiger partial charge on any atom is -0.455 e. The first-order valence-electron chi connectivity index (χ1n) is 20.9. The number of aromatic nitrogens is 2. The molecule has 0 atom stereocenters. The minimum atomic E-state index is 0.654. The molecule has 0 N–H and O–H groups in total. The summed E-state index contributed by atoms with van der Waals surface area (Å²) in [7, 11) is 0. The minimum absolute atomic E-state index is 0.654. The van der Waals surface area contributed by atoms with Gasteiger partial charge in [0.25, 0.3) is 0 Å². The lowest BCUT2D eigenvalue weighted by Gasteiger charge is -2.14. The molecule has 0 saturated carbocycles. The number of rotatable bonds is 7. The summed E-state index contributed by atoms with van der Waals surface area (Å²) in [5.74, 6) is 0.654. The number of nitrogens with zero attached hydrogens (tertiary/aromatic N) is 2. The standard InChI is InChI=1S/C58H36N2O2/c1-3-14-37(15-4-1)38-28-30-39(31-29-38)41-18-11-19-42(32-41)52-36-53(60-58(59-52)40-16-5-2-6-17-40)45-34-43(46-22-12-24-50-48-20-7-9-26-54(48)61-56(46)50)33-44(35-45)47-23-13-25-51-49-21-8-10-27-55(49)62-57(47)51/h1-36H. The molecule has 0 aliphatic heterocycles. The van der Waals surface area contributed by atoms with E-state index in [1.54, 1.807) is 0 Å². The van der Waals surface area contributed by atoms with E-state index in [4.69, 9.17) is 18.8 Å². The van der Waals surface area contributed by atoms with E-state index in [9.17, 15) is 0 Å². The van der Waals surface area contributed by atoms with Crippen molar-refractivity contribution in [1.82, 2.24) is 9.97 Å². The molecule has 0 spiro atoms. The quantitative estimate of drug-likeness (QED) is 0.161. The first-order chi connectivity index (χ1) is 30.7. The molecule has 4 heteroatoms. The van der Waals surface area contributed by atoms with Gasteiger partial charge in [0.15, 0.2) is 5.82 Å². The molecule has 0 amide bonds. The lowest BCUT2D eigenvalue weighted by Crippen LogP contribution is -1.97.